The van der Waals surface area contributed by atoms with E-state index >= 15 is 0 Å². The topological polar surface area (TPSA) is 113 Å². The molecule has 0 unspecified atom stereocenters. The van der Waals surface area contributed by atoms with Gasteiger partial charge in [-0.2, -0.15) is 5.10 Å². The van der Waals surface area contributed by atoms with Gasteiger partial charge in [-0.3, -0.25) is 4.79 Å². The second kappa shape index (κ2) is 5.58. The van der Waals surface area contributed by atoms with E-state index in [0.717, 1.165) is 16.7 Å². The van der Waals surface area contributed by atoms with Gasteiger partial charge in [-0.1, -0.05) is 6.07 Å². The summed E-state index contributed by atoms with van der Waals surface area (Å²) in [4.78, 5) is 24.0. The zero-order valence-electron chi connectivity index (χ0n) is 12.5. The van der Waals surface area contributed by atoms with Crippen LogP contribution in [0.2, 0.25) is 0 Å². The molecule has 0 saturated heterocycles. The molecule has 8 heteroatoms. The molecule has 0 atom stereocenters. The van der Waals surface area contributed by atoms with Crippen LogP contribution in [0, 0.1) is 0 Å². The summed E-state index contributed by atoms with van der Waals surface area (Å²) >= 11 is 0. The van der Waals surface area contributed by atoms with E-state index in [1.165, 1.54) is 17.3 Å². The number of rotatable bonds is 4. The van der Waals surface area contributed by atoms with E-state index in [4.69, 9.17) is 10.2 Å². The Hall–Kier alpha value is -3.55. The molecule has 0 aliphatic heterocycles. The van der Waals surface area contributed by atoms with Crippen LogP contribution in [0.15, 0.2) is 53.7 Å². The van der Waals surface area contributed by atoms with Crippen molar-refractivity contribution in [3.63, 3.8) is 0 Å². The molecule has 1 amide bonds. The molecule has 2 N–H and O–H groups in total. The van der Waals surface area contributed by atoms with E-state index in [1.807, 2.05) is 30.3 Å². The van der Waals surface area contributed by atoms with Gasteiger partial charge in [0.1, 0.15) is 24.2 Å². The van der Waals surface area contributed by atoms with E-state index < -0.39 is 5.91 Å². The first-order valence-electron chi connectivity index (χ1n) is 7.18. The Morgan fingerprint density at radius 3 is 2.88 bits per heavy atom. The molecule has 0 saturated carbocycles. The maximum absolute atomic E-state index is 11.2. The molecular weight excluding hydrogens is 308 g/mol. The fraction of sp³-hybridized carbons (Fsp3) is 0.0625. The Labute approximate surface area is 136 Å². The van der Waals surface area contributed by atoms with Crippen molar-refractivity contribution in [1.82, 2.24) is 24.7 Å². The highest BCUT2D eigenvalue weighted by atomic mass is 16.3. The lowest BCUT2D eigenvalue weighted by molar-refractivity contribution is -0.117. The lowest BCUT2D eigenvalue weighted by atomic mass is 10.1. The van der Waals surface area contributed by atoms with Gasteiger partial charge in [-0.15, -0.1) is 0 Å². The van der Waals surface area contributed by atoms with Crippen LogP contribution in [0.25, 0.3) is 28.0 Å². The number of hydrogen-bond donors (Lipinski definition) is 1. The first-order chi connectivity index (χ1) is 11.7. The second-order valence-corrected chi connectivity index (χ2v) is 5.16. The molecule has 24 heavy (non-hydrogen) atoms. The molecule has 4 aromatic rings. The van der Waals surface area contributed by atoms with Crippen LogP contribution in [0.1, 0.15) is 5.82 Å². The number of carbonyl (C=O) groups is 1. The highest BCUT2D eigenvalue weighted by molar-refractivity contribution is 5.89. The smallest absolute Gasteiger partial charge is 0.225 e. The molecule has 3 heterocycles. The third kappa shape index (κ3) is 2.50. The molecular formula is C16H12N6O2. The van der Waals surface area contributed by atoms with Crippen LogP contribution in [-0.4, -0.2) is 30.6 Å². The molecule has 0 spiro atoms. The highest BCUT2D eigenvalue weighted by Gasteiger charge is 2.13. The van der Waals surface area contributed by atoms with E-state index in [9.17, 15) is 4.79 Å². The van der Waals surface area contributed by atoms with Crippen LogP contribution in [0.4, 0.5) is 0 Å². The van der Waals surface area contributed by atoms with Crippen LogP contribution in [-0.2, 0) is 11.2 Å². The van der Waals surface area contributed by atoms with Crippen LogP contribution >= 0.6 is 0 Å². The number of furan rings is 1. The summed E-state index contributed by atoms with van der Waals surface area (Å²) in [7, 11) is 0. The number of primary amides is 1. The quantitative estimate of drug-likeness (QED) is 0.609. The minimum Gasteiger partial charge on any atom is -0.464 e. The van der Waals surface area contributed by atoms with E-state index in [-0.39, 0.29) is 6.42 Å². The Morgan fingerprint density at radius 2 is 2.17 bits per heavy atom. The number of carbonyl (C=O) groups excluding carboxylic acids is 1. The average Bonchev–Trinajstić information content (AvgIpc) is 3.26. The zero-order chi connectivity index (χ0) is 16.5. The van der Waals surface area contributed by atoms with E-state index in [2.05, 4.69) is 20.1 Å². The SMILES string of the molecule is NC(=O)Cc1nc(-n2cncn2)c2ccc(-c3ccco3)cc2n1. The lowest BCUT2D eigenvalue weighted by Gasteiger charge is -2.08. The summed E-state index contributed by atoms with van der Waals surface area (Å²) in [6, 6.07) is 9.36. The number of aromatic nitrogens is 5. The molecule has 0 radical (unpaired) electrons. The minimum atomic E-state index is -0.499. The van der Waals surface area contributed by atoms with E-state index in [1.54, 1.807) is 6.26 Å². The van der Waals surface area contributed by atoms with Gasteiger partial charge in [0.15, 0.2) is 5.82 Å². The summed E-state index contributed by atoms with van der Waals surface area (Å²) < 4.78 is 6.95. The zero-order valence-corrected chi connectivity index (χ0v) is 12.5. The fourth-order valence-electron chi connectivity index (χ4n) is 2.48. The Bertz CT molecular complexity index is 1010. The van der Waals surface area contributed by atoms with Crippen LogP contribution < -0.4 is 5.73 Å². The summed E-state index contributed by atoms with van der Waals surface area (Å²) in [6.45, 7) is 0. The molecule has 1 aromatic carbocycles. The third-order valence-corrected chi connectivity index (χ3v) is 3.50. The van der Waals surface area contributed by atoms with Crippen molar-refractivity contribution in [1.29, 1.82) is 0 Å². The number of amides is 1. The van der Waals surface area contributed by atoms with Gasteiger partial charge in [0, 0.05) is 10.9 Å². The average molecular weight is 320 g/mol. The highest BCUT2D eigenvalue weighted by Crippen LogP contribution is 2.26. The molecule has 0 aliphatic carbocycles. The largest absolute Gasteiger partial charge is 0.464 e. The summed E-state index contributed by atoms with van der Waals surface area (Å²) in [6.07, 6.45) is 4.51. The van der Waals surface area contributed by atoms with Gasteiger partial charge in [0.2, 0.25) is 5.91 Å². The van der Waals surface area contributed by atoms with Crippen molar-refractivity contribution in [3.8, 4) is 17.1 Å². The molecule has 4 rings (SSSR count). The maximum atomic E-state index is 11.2. The van der Waals surface area contributed by atoms with Gasteiger partial charge in [0.05, 0.1) is 18.2 Å². The van der Waals surface area contributed by atoms with Crippen molar-refractivity contribution >= 4 is 16.8 Å². The molecule has 0 fully saturated rings. The van der Waals surface area contributed by atoms with Crippen molar-refractivity contribution in [2.45, 2.75) is 6.42 Å². The van der Waals surface area contributed by atoms with Gasteiger partial charge in [-0.05, 0) is 24.3 Å². The van der Waals surface area contributed by atoms with Crippen molar-refractivity contribution in [2.75, 3.05) is 0 Å². The van der Waals surface area contributed by atoms with Gasteiger partial charge < -0.3 is 10.2 Å². The lowest BCUT2D eigenvalue weighted by Crippen LogP contribution is -2.16. The molecule has 0 aliphatic rings. The number of nitrogens with zero attached hydrogens (tertiary/aromatic N) is 5. The number of fused-ring (bicyclic) bond motifs is 1. The summed E-state index contributed by atoms with van der Waals surface area (Å²) in [5, 5.41) is 4.89. The van der Waals surface area contributed by atoms with Gasteiger partial charge in [0.25, 0.3) is 0 Å². The second-order valence-electron chi connectivity index (χ2n) is 5.16. The van der Waals surface area contributed by atoms with Crippen LogP contribution in [0.3, 0.4) is 0 Å². The number of hydrogen-bond acceptors (Lipinski definition) is 6. The molecule has 8 nitrogen and oxygen atoms in total. The molecule has 3 aromatic heterocycles. The number of benzene rings is 1. The molecule has 118 valence electrons. The Kier molecular flexibility index (Phi) is 3.27. The normalized spacial score (nSPS) is 11.0. The third-order valence-electron chi connectivity index (χ3n) is 3.50. The standard InChI is InChI=1S/C16H12N6O2/c17-14(23)7-15-20-12-6-10(13-2-1-5-24-13)3-4-11(12)16(21-15)22-9-18-8-19-22/h1-6,8-9H,7H2,(H2,17,23). The monoisotopic (exact) mass is 320 g/mol. The summed E-state index contributed by atoms with van der Waals surface area (Å²) in [5.74, 6) is 1.10. The predicted molar refractivity (Wildman–Crippen MR) is 85.1 cm³/mol. The van der Waals surface area contributed by atoms with E-state index in [0.29, 0.717) is 17.2 Å². The van der Waals surface area contributed by atoms with Crippen LogP contribution in [0.5, 0.6) is 0 Å². The first kappa shape index (κ1) is 14.1. The Balaban J connectivity index is 1.94. The van der Waals surface area contributed by atoms with Gasteiger partial charge >= 0.3 is 0 Å². The maximum Gasteiger partial charge on any atom is 0.225 e. The predicted octanol–water partition coefficient (Wildman–Crippen LogP) is 1.50. The first-order valence-corrected chi connectivity index (χ1v) is 7.18. The van der Waals surface area contributed by atoms with Gasteiger partial charge in [-0.25, -0.2) is 19.6 Å². The van der Waals surface area contributed by atoms with Crippen molar-refractivity contribution in [3.05, 3.63) is 55.1 Å². The number of nitrogens with two attached hydrogens (primary N) is 1. The minimum absolute atomic E-state index is 0.0530. The Morgan fingerprint density at radius 1 is 1.25 bits per heavy atom. The van der Waals surface area contributed by atoms with Crippen molar-refractivity contribution < 1.29 is 9.21 Å². The molecule has 0 bridgehead atoms. The summed E-state index contributed by atoms with van der Waals surface area (Å²) in [5.41, 5.74) is 6.82. The van der Waals surface area contributed by atoms with Crippen molar-refractivity contribution in [2.24, 2.45) is 5.73 Å². The fourth-order valence-corrected chi connectivity index (χ4v) is 2.48.